The number of thiol groups is 1. The van der Waals surface area contributed by atoms with E-state index < -0.39 is 0 Å². The lowest BCUT2D eigenvalue weighted by Crippen LogP contribution is -2.43. The van der Waals surface area contributed by atoms with E-state index in [0.29, 0.717) is 0 Å². The van der Waals surface area contributed by atoms with Gasteiger partial charge in [-0.25, -0.2) is 0 Å². The summed E-state index contributed by atoms with van der Waals surface area (Å²) in [6.45, 7) is 3.17. The SMILES string of the molecule is C[C@@]1(S)CCOC2(CCCC2)C1. The Hall–Kier alpha value is 0.310. The molecule has 0 aromatic rings. The van der Waals surface area contributed by atoms with Crippen LogP contribution in [0.15, 0.2) is 0 Å². The highest BCUT2D eigenvalue weighted by Crippen LogP contribution is 2.45. The van der Waals surface area contributed by atoms with Crippen molar-refractivity contribution < 1.29 is 4.74 Å². The van der Waals surface area contributed by atoms with Crippen molar-refractivity contribution in [2.75, 3.05) is 6.61 Å². The molecule has 2 rings (SSSR count). The predicted octanol–water partition coefficient (Wildman–Crippen LogP) is 2.80. The molecule has 1 aliphatic heterocycles. The van der Waals surface area contributed by atoms with Crippen molar-refractivity contribution in [2.24, 2.45) is 0 Å². The smallest absolute Gasteiger partial charge is 0.0695 e. The maximum atomic E-state index is 5.91. The molecule has 1 heterocycles. The Morgan fingerprint density at radius 2 is 1.83 bits per heavy atom. The highest BCUT2D eigenvalue weighted by atomic mass is 32.1. The van der Waals surface area contributed by atoms with Crippen molar-refractivity contribution in [1.29, 1.82) is 0 Å². The van der Waals surface area contributed by atoms with Gasteiger partial charge >= 0.3 is 0 Å². The van der Waals surface area contributed by atoms with Crippen LogP contribution in [0.1, 0.15) is 45.4 Å². The summed E-state index contributed by atoms with van der Waals surface area (Å²) in [5.41, 5.74) is 0.231. The summed E-state index contributed by atoms with van der Waals surface area (Å²) in [4.78, 5) is 0. The second-order valence-electron chi connectivity index (χ2n) is 4.66. The third-order valence-corrected chi connectivity index (χ3v) is 3.65. The predicted molar refractivity (Wildman–Crippen MR) is 53.8 cm³/mol. The van der Waals surface area contributed by atoms with E-state index >= 15 is 0 Å². The van der Waals surface area contributed by atoms with Crippen LogP contribution in [0, 0.1) is 0 Å². The van der Waals surface area contributed by atoms with E-state index in [-0.39, 0.29) is 10.3 Å². The molecule has 2 fully saturated rings. The zero-order chi connectivity index (χ0) is 8.66. The first-order valence-electron chi connectivity index (χ1n) is 4.98. The Morgan fingerprint density at radius 1 is 1.17 bits per heavy atom. The Bertz CT molecular complexity index is 171. The minimum atomic E-state index is 0.225. The fraction of sp³-hybridized carbons (Fsp3) is 1.00. The van der Waals surface area contributed by atoms with E-state index in [9.17, 15) is 0 Å². The fourth-order valence-electron chi connectivity index (χ4n) is 2.66. The molecule has 1 saturated carbocycles. The first kappa shape index (κ1) is 8.89. The van der Waals surface area contributed by atoms with E-state index in [0.717, 1.165) is 19.4 Å². The standard InChI is InChI=1S/C10H18OS/c1-9(12)6-7-11-10(8-9)4-2-3-5-10/h12H,2-8H2,1H3/t9-/m1/s1. The molecule has 12 heavy (non-hydrogen) atoms. The molecular formula is C10H18OS. The molecule has 0 bridgehead atoms. The fourth-order valence-corrected chi connectivity index (χ4v) is 3.04. The molecule has 1 saturated heterocycles. The molecule has 1 nitrogen and oxygen atoms in total. The normalized spacial score (nSPS) is 40.5. The van der Waals surface area contributed by atoms with Crippen molar-refractivity contribution in [2.45, 2.75) is 55.8 Å². The molecule has 1 spiro atoms. The topological polar surface area (TPSA) is 9.23 Å². The quantitative estimate of drug-likeness (QED) is 0.572. The van der Waals surface area contributed by atoms with Gasteiger partial charge < -0.3 is 4.74 Å². The molecule has 0 amide bonds. The molecule has 1 aliphatic carbocycles. The molecule has 0 aromatic heterocycles. The third-order valence-electron chi connectivity index (χ3n) is 3.27. The van der Waals surface area contributed by atoms with Gasteiger partial charge in [0, 0.05) is 11.4 Å². The van der Waals surface area contributed by atoms with Gasteiger partial charge in [0.05, 0.1) is 5.60 Å². The summed E-state index contributed by atoms with van der Waals surface area (Å²) in [6.07, 6.45) is 7.50. The Morgan fingerprint density at radius 3 is 2.42 bits per heavy atom. The maximum absolute atomic E-state index is 5.91. The van der Waals surface area contributed by atoms with Crippen LogP contribution in [0.2, 0.25) is 0 Å². The van der Waals surface area contributed by atoms with Crippen LogP contribution in [-0.2, 0) is 4.74 Å². The van der Waals surface area contributed by atoms with Gasteiger partial charge in [0.2, 0.25) is 0 Å². The molecule has 0 N–H and O–H groups in total. The first-order chi connectivity index (χ1) is 5.62. The number of ether oxygens (including phenoxy) is 1. The Kier molecular flexibility index (Phi) is 2.16. The van der Waals surface area contributed by atoms with Crippen molar-refractivity contribution in [3.8, 4) is 0 Å². The average Bonchev–Trinajstić information content (AvgIpc) is 2.34. The van der Waals surface area contributed by atoms with Gasteiger partial charge in [-0.15, -0.1) is 0 Å². The van der Waals surface area contributed by atoms with Gasteiger partial charge in [0.15, 0.2) is 0 Å². The highest BCUT2D eigenvalue weighted by Gasteiger charge is 2.43. The van der Waals surface area contributed by atoms with Gasteiger partial charge in [-0.05, 0) is 25.7 Å². The lowest BCUT2D eigenvalue weighted by molar-refractivity contribution is -0.0823. The van der Waals surface area contributed by atoms with E-state index in [2.05, 4.69) is 19.6 Å². The summed E-state index contributed by atoms with van der Waals surface area (Å²) in [5.74, 6) is 0. The molecule has 2 aliphatic rings. The average molecular weight is 186 g/mol. The second-order valence-corrected chi connectivity index (χ2v) is 5.74. The van der Waals surface area contributed by atoms with E-state index in [4.69, 9.17) is 4.74 Å². The van der Waals surface area contributed by atoms with Crippen LogP contribution in [0.4, 0.5) is 0 Å². The van der Waals surface area contributed by atoms with Crippen molar-refractivity contribution >= 4 is 12.6 Å². The molecule has 2 heteroatoms. The summed E-state index contributed by atoms with van der Waals surface area (Å²) in [7, 11) is 0. The summed E-state index contributed by atoms with van der Waals surface area (Å²) in [6, 6.07) is 0. The van der Waals surface area contributed by atoms with E-state index in [1.165, 1.54) is 25.7 Å². The van der Waals surface area contributed by atoms with Gasteiger partial charge in [0.25, 0.3) is 0 Å². The number of hydrogen-bond acceptors (Lipinski definition) is 2. The lowest BCUT2D eigenvalue weighted by atomic mass is 9.85. The molecule has 0 aromatic carbocycles. The minimum absolute atomic E-state index is 0.225. The zero-order valence-corrected chi connectivity index (χ0v) is 8.70. The van der Waals surface area contributed by atoms with Crippen molar-refractivity contribution in [3.05, 3.63) is 0 Å². The highest BCUT2D eigenvalue weighted by molar-refractivity contribution is 7.81. The second kappa shape index (κ2) is 2.91. The van der Waals surface area contributed by atoms with Gasteiger partial charge in [-0.2, -0.15) is 12.6 Å². The largest absolute Gasteiger partial charge is 0.375 e. The monoisotopic (exact) mass is 186 g/mol. The van der Waals surface area contributed by atoms with E-state index in [1.54, 1.807) is 0 Å². The molecule has 0 unspecified atom stereocenters. The van der Waals surface area contributed by atoms with Crippen molar-refractivity contribution in [1.82, 2.24) is 0 Å². The molecule has 0 radical (unpaired) electrons. The Labute approximate surface area is 80.3 Å². The molecular weight excluding hydrogens is 168 g/mol. The summed E-state index contributed by atoms with van der Waals surface area (Å²) in [5, 5.41) is 0. The summed E-state index contributed by atoms with van der Waals surface area (Å²) >= 11 is 4.69. The Balaban J connectivity index is 2.07. The zero-order valence-electron chi connectivity index (χ0n) is 7.81. The van der Waals surface area contributed by atoms with Gasteiger partial charge in [0.1, 0.15) is 0 Å². The van der Waals surface area contributed by atoms with Crippen LogP contribution in [-0.4, -0.2) is 17.0 Å². The first-order valence-corrected chi connectivity index (χ1v) is 5.43. The molecule has 70 valence electrons. The summed E-state index contributed by atoms with van der Waals surface area (Å²) < 4.78 is 6.14. The third kappa shape index (κ3) is 1.64. The molecule has 1 atom stereocenters. The number of hydrogen-bond donors (Lipinski definition) is 1. The van der Waals surface area contributed by atoms with Crippen LogP contribution in [0.3, 0.4) is 0 Å². The number of rotatable bonds is 0. The van der Waals surface area contributed by atoms with Crippen LogP contribution in [0.5, 0.6) is 0 Å². The minimum Gasteiger partial charge on any atom is -0.375 e. The van der Waals surface area contributed by atoms with Crippen LogP contribution in [0.25, 0.3) is 0 Å². The van der Waals surface area contributed by atoms with Crippen LogP contribution >= 0.6 is 12.6 Å². The van der Waals surface area contributed by atoms with Gasteiger partial charge in [-0.3, -0.25) is 0 Å². The van der Waals surface area contributed by atoms with Crippen molar-refractivity contribution in [3.63, 3.8) is 0 Å². The van der Waals surface area contributed by atoms with E-state index in [1.807, 2.05) is 0 Å². The lowest BCUT2D eigenvalue weighted by Gasteiger charge is -2.42. The van der Waals surface area contributed by atoms with Crippen LogP contribution < -0.4 is 0 Å². The maximum Gasteiger partial charge on any atom is 0.0695 e. The van der Waals surface area contributed by atoms with Gasteiger partial charge in [-0.1, -0.05) is 19.8 Å².